The molecule has 0 bridgehead atoms. The maximum Gasteiger partial charge on any atom is 0.337 e. The van der Waals surface area contributed by atoms with Crippen LogP contribution in [0.3, 0.4) is 0 Å². The average molecular weight is 243 g/mol. The molecular formula is C11H8ClFO3. The molecule has 3 nitrogen and oxygen atoms in total. The van der Waals surface area contributed by atoms with Gasteiger partial charge in [-0.15, -0.1) is 0 Å². The fourth-order valence-corrected chi connectivity index (χ4v) is 1.36. The molecular weight excluding hydrogens is 235 g/mol. The zero-order chi connectivity index (χ0) is 12.1. The number of allylic oxidation sites excluding steroid dienone is 1. The van der Waals surface area contributed by atoms with E-state index in [-0.39, 0.29) is 22.6 Å². The molecule has 1 aromatic carbocycles. The lowest BCUT2D eigenvalue weighted by atomic mass is 10.1. The molecule has 0 heterocycles. The molecule has 5 heteroatoms. The first kappa shape index (κ1) is 12.4. The number of carboxylic acids is 1. The summed E-state index contributed by atoms with van der Waals surface area (Å²) in [6.45, 7) is 0. The van der Waals surface area contributed by atoms with Gasteiger partial charge in [0.15, 0.2) is 0 Å². The van der Waals surface area contributed by atoms with Crippen molar-refractivity contribution in [3.05, 3.63) is 40.2 Å². The second-order valence-electron chi connectivity index (χ2n) is 2.96. The SMILES string of the molecule is O=CCC=Cc1cc(Cl)c(C(=O)O)cc1F. The van der Waals surface area contributed by atoms with E-state index in [1.54, 1.807) is 0 Å². The molecule has 84 valence electrons. The van der Waals surface area contributed by atoms with Gasteiger partial charge in [0.2, 0.25) is 0 Å². The third-order valence-electron chi connectivity index (χ3n) is 1.85. The number of rotatable bonds is 4. The lowest BCUT2D eigenvalue weighted by Gasteiger charge is -2.02. The van der Waals surface area contributed by atoms with Crippen LogP contribution in [0.1, 0.15) is 22.3 Å². The Labute approximate surface area is 96.2 Å². The Hall–Kier alpha value is -1.68. The third-order valence-corrected chi connectivity index (χ3v) is 2.16. The Morgan fingerprint density at radius 3 is 2.75 bits per heavy atom. The first-order valence-corrected chi connectivity index (χ1v) is 4.76. The molecule has 0 spiro atoms. The normalized spacial score (nSPS) is 10.6. The van der Waals surface area contributed by atoms with Crippen molar-refractivity contribution in [1.29, 1.82) is 0 Å². The van der Waals surface area contributed by atoms with E-state index in [9.17, 15) is 14.0 Å². The van der Waals surface area contributed by atoms with Gasteiger partial charge in [0, 0.05) is 12.0 Å². The van der Waals surface area contributed by atoms with Crippen LogP contribution in [0.25, 0.3) is 6.08 Å². The molecule has 0 radical (unpaired) electrons. The maximum absolute atomic E-state index is 13.4. The Morgan fingerprint density at radius 1 is 1.50 bits per heavy atom. The van der Waals surface area contributed by atoms with E-state index in [4.69, 9.17) is 16.7 Å². The Bertz CT molecular complexity index is 455. The molecule has 0 aromatic heterocycles. The van der Waals surface area contributed by atoms with Crippen LogP contribution in [-0.4, -0.2) is 17.4 Å². The summed E-state index contributed by atoms with van der Waals surface area (Å²) in [6, 6.07) is 2.06. The van der Waals surface area contributed by atoms with E-state index in [0.717, 1.165) is 6.07 Å². The molecule has 0 aliphatic carbocycles. The summed E-state index contributed by atoms with van der Waals surface area (Å²) in [5.41, 5.74) is -0.136. The summed E-state index contributed by atoms with van der Waals surface area (Å²) in [5, 5.41) is 8.64. The van der Waals surface area contributed by atoms with Crippen LogP contribution in [0.4, 0.5) is 4.39 Å². The summed E-state index contributed by atoms with van der Waals surface area (Å²) in [4.78, 5) is 20.7. The monoisotopic (exact) mass is 242 g/mol. The van der Waals surface area contributed by atoms with Gasteiger partial charge in [-0.05, 0) is 12.1 Å². The molecule has 0 aliphatic rings. The van der Waals surface area contributed by atoms with Crippen LogP contribution >= 0.6 is 11.6 Å². The van der Waals surface area contributed by atoms with Gasteiger partial charge in [0.25, 0.3) is 0 Å². The summed E-state index contributed by atoms with van der Waals surface area (Å²) in [7, 11) is 0. The van der Waals surface area contributed by atoms with Crippen molar-refractivity contribution in [3.8, 4) is 0 Å². The second kappa shape index (κ2) is 5.42. The minimum absolute atomic E-state index is 0.0420. The van der Waals surface area contributed by atoms with Crippen LogP contribution in [0.15, 0.2) is 18.2 Å². The Kier molecular flexibility index (Phi) is 4.19. The predicted octanol–water partition coefficient (Wildman–Crippen LogP) is 2.78. The number of carbonyl (C=O) groups excluding carboxylic acids is 1. The molecule has 0 fully saturated rings. The topological polar surface area (TPSA) is 54.4 Å². The van der Waals surface area contributed by atoms with Crippen LogP contribution in [0.2, 0.25) is 5.02 Å². The van der Waals surface area contributed by atoms with Crippen molar-refractivity contribution in [2.24, 2.45) is 0 Å². The smallest absolute Gasteiger partial charge is 0.337 e. The van der Waals surface area contributed by atoms with Crippen molar-refractivity contribution in [3.63, 3.8) is 0 Å². The van der Waals surface area contributed by atoms with Crippen LogP contribution in [0, 0.1) is 5.82 Å². The van der Waals surface area contributed by atoms with Gasteiger partial charge >= 0.3 is 5.97 Å². The third kappa shape index (κ3) is 2.90. The summed E-state index contributed by atoms with van der Waals surface area (Å²) < 4.78 is 13.4. The summed E-state index contributed by atoms with van der Waals surface area (Å²) in [5.74, 6) is -1.98. The van der Waals surface area contributed by atoms with Crippen LogP contribution in [0.5, 0.6) is 0 Å². The van der Waals surface area contributed by atoms with Gasteiger partial charge in [-0.3, -0.25) is 0 Å². The molecule has 0 saturated heterocycles. The van der Waals surface area contributed by atoms with Crippen LogP contribution < -0.4 is 0 Å². The minimum atomic E-state index is -1.28. The average Bonchev–Trinajstić information content (AvgIpc) is 2.22. The number of carboxylic acid groups (broad SMARTS) is 1. The van der Waals surface area contributed by atoms with Gasteiger partial charge in [-0.2, -0.15) is 0 Å². The number of hydrogen-bond donors (Lipinski definition) is 1. The molecule has 0 atom stereocenters. The van der Waals surface area contributed by atoms with E-state index in [2.05, 4.69) is 0 Å². The number of halogens is 2. The lowest BCUT2D eigenvalue weighted by Crippen LogP contribution is -1.99. The molecule has 0 unspecified atom stereocenters. The fraction of sp³-hybridized carbons (Fsp3) is 0.0909. The van der Waals surface area contributed by atoms with Gasteiger partial charge in [0.05, 0.1) is 10.6 Å². The van der Waals surface area contributed by atoms with E-state index < -0.39 is 11.8 Å². The van der Waals surface area contributed by atoms with E-state index >= 15 is 0 Å². The highest BCUT2D eigenvalue weighted by Gasteiger charge is 2.12. The van der Waals surface area contributed by atoms with Gasteiger partial charge in [-0.1, -0.05) is 23.8 Å². The van der Waals surface area contributed by atoms with Crippen LogP contribution in [-0.2, 0) is 4.79 Å². The lowest BCUT2D eigenvalue weighted by molar-refractivity contribution is -0.107. The van der Waals surface area contributed by atoms with Crippen molar-refractivity contribution in [1.82, 2.24) is 0 Å². The van der Waals surface area contributed by atoms with Crippen molar-refractivity contribution >= 4 is 29.9 Å². The van der Waals surface area contributed by atoms with Gasteiger partial charge in [-0.25, -0.2) is 9.18 Å². The highest BCUT2D eigenvalue weighted by atomic mass is 35.5. The molecule has 0 saturated carbocycles. The van der Waals surface area contributed by atoms with Gasteiger partial charge < -0.3 is 9.90 Å². The molecule has 1 rings (SSSR count). The number of hydrogen-bond acceptors (Lipinski definition) is 2. The van der Waals surface area contributed by atoms with E-state index in [1.165, 1.54) is 18.2 Å². The maximum atomic E-state index is 13.4. The highest BCUT2D eigenvalue weighted by Crippen LogP contribution is 2.22. The Balaban J connectivity index is 3.10. The summed E-state index contributed by atoms with van der Waals surface area (Å²) >= 11 is 5.66. The van der Waals surface area contributed by atoms with Crippen molar-refractivity contribution in [2.75, 3.05) is 0 Å². The largest absolute Gasteiger partial charge is 0.478 e. The zero-order valence-corrected chi connectivity index (χ0v) is 8.87. The first-order valence-electron chi connectivity index (χ1n) is 4.38. The number of aldehydes is 1. The van der Waals surface area contributed by atoms with Crippen molar-refractivity contribution < 1.29 is 19.1 Å². The second-order valence-corrected chi connectivity index (χ2v) is 3.37. The molecule has 16 heavy (non-hydrogen) atoms. The van der Waals surface area contributed by atoms with E-state index in [0.29, 0.717) is 6.29 Å². The quantitative estimate of drug-likeness (QED) is 0.826. The predicted molar refractivity (Wildman–Crippen MR) is 58.1 cm³/mol. The number of carbonyl (C=O) groups is 2. The molecule has 1 aromatic rings. The van der Waals surface area contributed by atoms with E-state index in [1.807, 2.05) is 0 Å². The Morgan fingerprint density at radius 2 is 2.19 bits per heavy atom. The summed E-state index contributed by atoms with van der Waals surface area (Å²) in [6.07, 6.45) is 3.67. The minimum Gasteiger partial charge on any atom is -0.478 e. The molecule has 0 aliphatic heterocycles. The fourth-order valence-electron chi connectivity index (χ4n) is 1.10. The number of aromatic carboxylic acids is 1. The first-order chi connectivity index (χ1) is 7.56. The molecule has 0 amide bonds. The highest BCUT2D eigenvalue weighted by molar-refractivity contribution is 6.33. The van der Waals surface area contributed by atoms with Crippen molar-refractivity contribution in [2.45, 2.75) is 6.42 Å². The standard InChI is InChI=1S/C11H8ClFO3/c12-9-5-7(3-1-2-4-14)10(13)6-8(9)11(15)16/h1,3-6H,2H2,(H,15,16). The number of benzene rings is 1. The van der Waals surface area contributed by atoms with Gasteiger partial charge in [0.1, 0.15) is 12.1 Å². The molecule has 1 N–H and O–H groups in total. The zero-order valence-electron chi connectivity index (χ0n) is 8.11.